The van der Waals surface area contributed by atoms with Crippen molar-refractivity contribution in [2.45, 2.75) is 33.1 Å². The third-order valence-electron chi connectivity index (χ3n) is 3.00. The van der Waals surface area contributed by atoms with Crippen LogP contribution in [0.5, 0.6) is 0 Å². The number of aromatic nitrogens is 2. The molecule has 2 aromatic rings. The third kappa shape index (κ3) is 3.40. The maximum Gasteiger partial charge on any atom is 0.234 e. The van der Waals surface area contributed by atoms with Gasteiger partial charge >= 0.3 is 0 Å². The third-order valence-corrected chi connectivity index (χ3v) is 3.00. The number of amides is 1. The van der Waals surface area contributed by atoms with E-state index in [1.807, 2.05) is 26.0 Å². The Balaban J connectivity index is 1.89. The lowest BCUT2D eigenvalue weighted by molar-refractivity contribution is -0.116. The second-order valence-corrected chi connectivity index (χ2v) is 4.34. The van der Waals surface area contributed by atoms with E-state index < -0.39 is 0 Å². The lowest BCUT2D eigenvalue weighted by Crippen LogP contribution is -2.12. The van der Waals surface area contributed by atoms with Crippen LogP contribution in [0.1, 0.15) is 30.2 Å². The molecule has 0 aromatic carbocycles. The zero-order valence-electron chi connectivity index (χ0n) is 11.1. The number of anilines is 1. The SMILES string of the molecule is CCc1noc(NC(=O)CCc2ccncc2)c1C. The first-order valence-electron chi connectivity index (χ1n) is 6.34. The second-order valence-electron chi connectivity index (χ2n) is 4.34. The van der Waals surface area contributed by atoms with E-state index in [9.17, 15) is 4.79 Å². The molecular formula is C14H17N3O2. The van der Waals surface area contributed by atoms with Crippen molar-refractivity contribution in [3.63, 3.8) is 0 Å². The summed E-state index contributed by atoms with van der Waals surface area (Å²) < 4.78 is 5.12. The van der Waals surface area contributed by atoms with Crippen LogP contribution in [0.4, 0.5) is 5.88 Å². The van der Waals surface area contributed by atoms with Crippen molar-refractivity contribution in [3.8, 4) is 0 Å². The molecule has 0 spiro atoms. The van der Waals surface area contributed by atoms with E-state index in [1.54, 1.807) is 12.4 Å². The van der Waals surface area contributed by atoms with Gasteiger partial charge in [-0.15, -0.1) is 0 Å². The summed E-state index contributed by atoms with van der Waals surface area (Å²) >= 11 is 0. The molecule has 2 rings (SSSR count). The molecule has 2 aromatic heterocycles. The molecule has 1 amide bonds. The van der Waals surface area contributed by atoms with Crippen molar-refractivity contribution in [1.82, 2.24) is 10.1 Å². The minimum atomic E-state index is -0.0706. The molecule has 0 bridgehead atoms. The Bertz CT molecular complexity index is 549. The van der Waals surface area contributed by atoms with E-state index in [0.717, 1.165) is 23.2 Å². The highest BCUT2D eigenvalue weighted by Gasteiger charge is 2.12. The van der Waals surface area contributed by atoms with E-state index in [0.29, 0.717) is 18.7 Å². The molecule has 0 saturated heterocycles. The Kier molecular flexibility index (Phi) is 4.28. The molecule has 2 heterocycles. The van der Waals surface area contributed by atoms with Gasteiger partial charge in [0.1, 0.15) is 0 Å². The average Bonchev–Trinajstić information content (AvgIpc) is 2.78. The fourth-order valence-electron chi connectivity index (χ4n) is 1.81. The van der Waals surface area contributed by atoms with Crippen LogP contribution < -0.4 is 5.32 Å². The second kappa shape index (κ2) is 6.13. The number of pyridine rings is 1. The molecule has 0 fully saturated rings. The van der Waals surface area contributed by atoms with E-state index in [2.05, 4.69) is 15.5 Å². The van der Waals surface area contributed by atoms with E-state index in [1.165, 1.54) is 0 Å². The smallest absolute Gasteiger partial charge is 0.234 e. The summed E-state index contributed by atoms with van der Waals surface area (Å²) in [4.78, 5) is 15.8. The number of carbonyl (C=O) groups excluding carboxylic acids is 1. The van der Waals surface area contributed by atoms with E-state index in [4.69, 9.17) is 4.52 Å². The minimum absolute atomic E-state index is 0.0706. The molecule has 19 heavy (non-hydrogen) atoms. The van der Waals surface area contributed by atoms with Gasteiger partial charge in [-0.25, -0.2) is 0 Å². The van der Waals surface area contributed by atoms with Crippen molar-refractivity contribution in [1.29, 1.82) is 0 Å². The number of aryl methyl sites for hydroxylation is 2. The van der Waals surface area contributed by atoms with Crippen molar-refractivity contribution < 1.29 is 9.32 Å². The first-order valence-corrected chi connectivity index (χ1v) is 6.34. The highest BCUT2D eigenvalue weighted by Crippen LogP contribution is 2.19. The van der Waals surface area contributed by atoms with Gasteiger partial charge in [0.2, 0.25) is 11.8 Å². The number of nitrogens with one attached hydrogen (secondary N) is 1. The standard InChI is InChI=1S/C14H17N3O2/c1-3-12-10(2)14(19-17-12)16-13(18)5-4-11-6-8-15-9-7-11/h6-9H,3-5H2,1-2H3,(H,16,18). The molecule has 0 unspecified atom stereocenters. The van der Waals surface area contributed by atoms with E-state index in [-0.39, 0.29) is 5.91 Å². The summed E-state index contributed by atoms with van der Waals surface area (Å²) in [7, 11) is 0. The van der Waals surface area contributed by atoms with Gasteiger partial charge in [-0.1, -0.05) is 12.1 Å². The van der Waals surface area contributed by atoms with Gasteiger partial charge in [-0.3, -0.25) is 15.1 Å². The lowest BCUT2D eigenvalue weighted by Gasteiger charge is -2.02. The molecule has 5 nitrogen and oxygen atoms in total. The lowest BCUT2D eigenvalue weighted by atomic mass is 10.1. The zero-order valence-corrected chi connectivity index (χ0v) is 11.1. The van der Waals surface area contributed by atoms with Crippen LogP contribution in [0, 0.1) is 6.92 Å². The number of hydrogen-bond donors (Lipinski definition) is 1. The molecule has 0 aliphatic carbocycles. The molecule has 0 radical (unpaired) electrons. The fourth-order valence-corrected chi connectivity index (χ4v) is 1.81. The molecule has 0 aliphatic rings. The molecular weight excluding hydrogens is 242 g/mol. The molecule has 5 heteroatoms. The van der Waals surface area contributed by atoms with Crippen LogP contribution in [-0.2, 0) is 17.6 Å². The summed E-state index contributed by atoms with van der Waals surface area (Å²) in [5.74, 6) is 0.385. The predicted molar refractivity (Wildman–Crippen MR) is 71.8 cm³/mol. The molecule has 0 atom stereocenters. The van der Waals surface area contributed by atoms with Crippen LogP contribution in [-0.4, -0.2) is 16.0 Å². The molecule has 0 saturated carbocycles. The Hall–Kier alpha value is -2.17. The van der Waals surface area contributed by atoms with Gasteiger partial charge in [-0.2, -0.15) is 0 Å². The highest BCUT2D eigenvalue weighted by atomic mass is 16.5. The molecule has 100 valence electrons. The van der Waals surface area contributed by atoms with Gasteiger partial charge in [0.25, 0.3) is 0 Å². The normalized spacial score (nSPS) is 10.4. The van der Waals surface area contributed by atoms with Gasteiger partial charge in [0.15, 0.2) is 0 Å². The van der Waals surface area contributed by atoms with Crippen LogP contribution in [0.25, 0.3) is 0 Å². The molecule has 1 N–H and O–H groups in total. The minimum Gasteiger partial charge on any atom is -0.338 e. The Morgan fingerprint density at radius 1 is 1.37 bits per heavy atom. The van der Waals surface area contributed by atoms with Crippen molar-refractivity contribution in [2.75, 3.05) is 5.32 Å². The first-order chi connectivity index (χ1) is 9.20. The van der Waals surface area contributed by atoms with Gasteiger partial charge < -0.3 is 4.52 Å². The highest BCUT2D eigenvalue weighted by molar-refractivity contribution is 5.90. The maximum absolute atomic E-state index is 11.8. The van der Waals surface area contributed by atoms with Crippen LogP contribution in [0.2, 0.25) is 0 Å². The maximum atomic E-state index is 11.8. The summed E-state index contributed by atoms with van der Waals surface area (Å²) in [5.41, 5.74) is 2.87. The molecule has 0 aliphatic heterocycles. The summed E-state index contributed by atoms with van der Waals surface area (Å²) in [6.07, 6.45) is 5.33. The predicted octanol–water partition coefficient (Wildman–Crippen LogP) is 2.51. The van der Waals surface area contributed by atoms with Gasteiger partial charge in [-0.05, 0) is 37.5 Å². The number of carbonyl (C=O) groups is 1. The average molecular weight is 259 g/mol. The quantitative estimate of drug-likeness (QED) is 0.895. The summed E-state index contributed by atoms with van der Waals surface area (Å²) in [6, 6.07) is 3.81. The van der Waals surface area contributed by atoms with Gasteiger partial charge in [0, 0.05) is 24.4 Å². The first kappa shape index (κ1) is 13.3. The van der Waals surface area contributed by atoms with Gasteiger partial charge in [0.05, 0.1) is 5.69 Å². The van der Waals surface area contributed by atoms with Crippen molar-refractivity contribution >= 4 is 11.8 Å². The number of rotatable bonds is 5. The summed E-state index contributed by atoms with van der Waals surface area (Å²) in [5, 5.41) is 6.66. The Morgan fingerprint density at radius 3 is 2.74 bits per heavy atom. The Morgan fingerprint density at radius 2 is 2.11 bits per heavy atom. The van der Waals surface area contributed by atoms with Crippen molar-refractivity contribution in [2.24, 2.45) is 0 Å². The Labute approximate surface area is 112 Å². The number of nitrogens with zero attached hydrogens (tertiary/aromatic N) is 2. The zero-order chi connectivity index (χ0) is 13.7. The number of hydrogen-bond acceptors (Lipinski definition) is 4. The summed E-state index contributed by atoms with van der Waals surface area (Å²) in [6.45, 7) is 3.90. The largest absolute Gasteiger partial charge is 0.338 e. The monoisotopic (exact) mass is 259 g/mol. The topological polar surface area (TPSA) is 68.0 Å². The van der Waals surface area contributed by atoms with Crippen LogP contribution in [0.3, 0.4) is 0 Å². The van der Waals surface area contributed by atoms with E-state index >= 15 is 0 Å². The fraction of sp³-hybridized carbons (Fsp3) is 0.357. The van der Waals surface area contributed by atoms with Crippen molar-refractivity contribution in [3.05, 3.63) is 41.3 Å². The van der Waals surface area contributed by atoms with Crippen LogP contribution in [0.15, 0.2) is 29.0 Å². The van der Waals surface area contributed by atoms with Crippen LogP contribution >= 0.6 is 0 Å².